The summed E-state index contributed by atoms with van der Waals surface area (Å²) in [5, 5.41) is 4.82. The standard InChI is InChI=1S/C21H25ClN2O4/c1-14-12-17(22)8-10-18(14)28-11-5-6-21(25)24-23-15(2)16-7-9-19(26-3)20(13-16)27-4/h7-10,12-13H,5-6,11H2,1-4H3,(H,24,25)/b23-15+. The fourth-order valence-electron chi connectivity index (χ4n) is 2.52. The van der Waals surface area contributed by atoms with Gasteiger partial charge in [-0.3, -0.25) is 4.79 Å². The fraction of sp³-hybridized carbons (Fsp3) is 0.333. The lowest BCUT2D eigenvalue weighted by Gasteiger charge is -2.10. The van der Waals surface area contributed by atoms with E-state index in [1.165, 1.54) is 0 Å². The number of hydrogen-bond donors (Lipinski definition) is 1. The number of nitrogens with one attached hydrogen (secondary N) is 1. The molecule has 1 amide bonds. The van der Waals surface area contributed by atoms with Crippen molar-refractivity contribution in [1.29, 1.82) is 0 Å². The highest BCUT2D eigenvalue weighted by Gasteiger charge is 2.07. The number of nitrogens with zero attached hydrogens (tertiary/aromatic N) is 1. The number of carbonyl (C=O) groups is 1. The third kappa shape index (κ3) is 6.16. The highest BCUT2D eigenvalue weighted by molar-refractivity contribution is 6.30. The predicted octanol–water partition coefficient (Wildman–Crippen LogP) is 4.37. The lowest BCUT2D eigenvalue weighted by atomic mass is 10.1. The number of carbonyl (C=O) groups excluding carboxylic acids is 1. The maximum Gasteiger partial charge on any atom is 0.240 e. The van der Waals surface area contributed by atoms with Crippen LogP contribution in [0.4, 0.5) is 0 Å². The van der Waals surface area contributed by atoms with E-state index in [0.29, 0.717) is 41.7 Å². The fourth-order valence-corrected chi connectivity index (χ4v) is 2.74. The quantitative estimate of drug-likeness (QED) is 0.383. The van der Waals surface area contributed by atoms with E-state index >= 15 is 0 Å². The lowest BCUT2D eigenvalue weighted by molar-refractivity contribution is -0.121. The van der Waals surface area contributed by atoms with E-state index in [0.717, 1.165) is 16.9 Å². The van der Waals surface area contributed by atoms with Crippen LogP contribution in [0.1, 0.15) is 30.9 Å². The average Bonchev–Trinajstić information content (AvgIpc) is 2.70. The molecule has 0 aliphatic heterocycles. The normalized spacial score (nSPS) is 11.1. The maximum atomic E-state index is 12.0. The van der Waals surface area contributed by atoms with E-state index in [1.807, 2.05) is 38.1 Å². The highest BCUT2D eigenvalue weighted by atomic mass is 35.5. The Morgan fingerprint density at radius 1 is 1.07 bits per heavy atom. The summed E-state index contributed by atoms with van der Waals surface area (Å²) in [7, 11) is 3.15. The van der Waals surface area contributed by atoms with Gasteiger partial charge in [0.2, 0.25) is 5.91 Å². The monoisotopic (exact) mass is 404 g/mol. The van der Waals surface area contributed by atoms with Crippen LogP contribution in [0.3, 0.4) is 0 Å². The summed E-state index contributed by atoms with van der Waals surface area (Å²) >= 11 is 5.92. The minimum atomic E-state index is -0.170. The zero-order chi connectivity index (χ0) is 20.5. The smallest absolute Gasteiger partial charge is 0.240 e. The Morgan fingerprint density at radius 3 is 2.46 bits per heavy atom. The Balaban J connectivity index is 1.81. The predicted molar refractivity (Wildman–Crippen MR) is 111 cm³/mol. The molecule has 0 saturated heterocycles. The number of hydrogen-bond acceptors (Lipinski definition) is 5. The molecule has 6 nitrogen and oxygen atoms in total. The molecule has 0 saturated carbocycles. The lowest BCUT2D eigenvalue weighted by Crippen LogP contribution is -2.19. The number of rotatable bonds is 9. The summed E-state index contributed by atoms with van der Waals surface area (Å²) in [4.78, 5) is 12.0. The van der Waals surface area contributed by atoms with Crippen LogP contribution < -0.4 is 19.6 Å². The molecule has 28 heavy (non-hydrogen) atoms. The van der Waals surface area contributed by atoms with Crippen LogP contribution in [0.15, 0.2) is 41.5 Å². The number of aryl methyl sites for hydroxylation is 1. The summed E-state index contributed by atoms with van der Waals surface area (Å²) in [5.41, 5.74) is 5.04. The van der Waals surface area contributed by atoms with Crippen LogP contribution in [0.2, 0.25) is 5.02 Å². The molecular weight excluding hydrogens is 380 g/mol. The Morgan fingerprint density at radius 2 is 1.79 bits per heavy atom. The van der Waals surface area contributed by atoms with Crippen LogP contribution in [0, 0.1) is 6.92 Å². The second kappa shape index (κ2) is 10.6. The molecule has 150 valence electrons. The van der Waals surface area contributed by atoms with Gasteiger partial charge in [-0.25, -0.2) is 5.43 Å². The largest absolute Gasteiger partial charge is 0.493 e. The summed E-state index contributed by atoms with van der Waals surface area (Å²) < 4.78 is 16.2. The first-order chi connectivity index (χ1) is 13.4. The van der Waals surface area contributed by atoms with Crippen molar-refractivity contribution >= 4 is 23.2 Å². The number of halogens is 1. The number of hydrazone groups is 1. The molecule has 2 aromatic carbocycles. The Kier molecular flexibility index (Phi) is 8.14. The van der Waals surface area contributed by atoms with Crippen LogP contribution in [0.25, 0.3) is 0 Å². The molecule has 7 heteroatoms. The molecule has 1 N–H and O–H groups in total. The second-order valence-electron chi connectivity index (χ2n) is 6.16. The maximum absolute atomic E-state index is 12.0. The summed E-state index contributed by atoms with van der Waals surface area (Å²) in [6.45, 7) is 4.18. The van der Waals surface area contributed by atoms with Crippen molar-refractivity contribution in [3.63, 3.8) is 0 Å². The molecular formula is C21H25ClN2O4. The van der Waals surface area contributed by atoms with Gasteiger partial charge in [0.1, 0.15) is 5.75 Å². The van der Waals surface area contributed by atoms with Crippen molar-refractivity contribution in [2.24, 2.45) is 5.10 Å². The van der Waals surface area contributed by atoms with Crippen molar-refractivity contribution in [1.82, 2.24) is 5.43 Å². The molecule has 0 radical (unpaired) electrons. The van der Waals surface area contributed by atoms with Gasteiger partial charge in [-0.1, -0.05) is 11.6 Å². The van der Waals surface area contributed by atoms with Gasteiger partial charge in [0.15, 0.2) is 11.5 Å². The number of ether oxygens (including phenoxy) is 3. The third-order valence-electron chi connectivity index (χ3n) is 4.09. The molecule has 0 aromatic heterocycles. The molecule has 0 fully saturated rings. The van der Waals surface area contributed by atoms with Crippen LogP contribution in [-0.2, 0) is 4.79 Å². The minimum absolute atomic E-state index is 0.170. The topological polar surface area (TPSA) is 69.2 Å². The molecule has 2 aromatic rings. The second-order valence-corrected chi connectivity index (χ2v) is 6.60. The van der Waals surface area contributed by atoms with Crippen LogP contribution in [-0.4, -0.2) is 32.4 Å². The molecule has 0 heterocycles. The zero-order valence-electron chi connectivity index (χ0n) is 16.5. The van der Waals surface area contributed by atoms with Gasteiger partial charge in [0, 0.05) is 17.0 Å². The summed E-state index contributed by atoms with van der Waals surface area (Å²) in [6.07, 6.45) is 0.897. The minimum Gasteiger partial charge on any atom is -0.493 e. The Bertz CT molecular complexity index is 852. The molecule has 0 bridgehead atoms. The van der Waals surface area contributed by atoms with Gasteiger partial charge in [-0.15, -0.1) is 0 Å². The number of amides is 1. The Labute approximate surface area is 170 Å². The third-order valence-corrected chi connectivity index (χ3v) is 4.33. The first kappa shape index (κ1) is 21.6. The molecule has 0 spiro atoms. The van der Waals surface area contributed by atoms with Gasteiger partial charge in [-0.05, 0) is 62.2 Å². The number of benzene rings is 2. The first-order valence-corrected chi connectivity index (χ1v) is 9.27. The van der Waals surface area contributed by atoms with E-state index in [-0.39, 0.29) is 5.91 Å². The van der Waals surface area contributed by atoms with E-state index < -0.39 is 0 Å². The van der Waals surface area contributed by atoms with Gasteiger partial charge < -0.3 is 14.2 Å². The Hall–Kier alpha value is -2.73. The molecule has 0 aliphatic rings. The summed E-state index contributed by atoms with van der Waals surface area (Å²) in [5.74, 6) is 1.85. The van der Waals surface area contributed by atoms with Crippen molar-refractivity contribution < 1.29 is 19.0 Å². The van der Waals surface area contributed by atoms with Gasteiger partial charge in [0.05, 0.1) is 26.5 Å². The SMILES string of the molecule is COc1ccc(/C(C)=N/NC(=O)CCCOc2ccc(Cl)cc2C)cc1OC. The molecule has 0 unspecified atom stereocenters. The van der Waals surface area contributed by atoms with Gasteiger partial charge >= 0.3 is 0 Å². The van der Waals surface area contributed by atoms with Gasteiger partial charge in [-0.2, -0.15) is 5.10 Å². The van der Waals surface area contributed by atoms with E-state index in [4.69, 9.17) is 25.8 Å². The van der Waals surface area contributed by atoms with Crippen LogP contribution >= 0.6 is 11.6 Å². The van der Waals surface area contributed by atoms with Gasteiger partial charge in [0.25, 0.3) is 0 Å². The first-order valence-electron chi connectivity index (χ1n) is 8.89. The molecule has 0 aliphatic carbocycles. The van der Waals surface area contributed by atoms with Crippen molar-refractivity contribution in [3.05, 3.63) is 52.5 Å². The van der Waals surface area contributed by atoms with Crippen molar-refractivity contribution in [3.8, 4) is 17.2 Å². The molecule has 0 atom stereocenters. The molecule has 2 rings (SSSR count). The van der Waals surface area contributed by atoms with Crippen molar-refractivity contribution in [2.45, 2.75) is 26.7 Å². The van der Waals surface area contributed by atoms with E-state index in [2.05, 4.69) is 10.5 Å². The number of methoxy groups -OCH3 is 2. The van der Waals surface area contributed by atoms with Crippen molar-refractivity contribution in [2.75, 3.05) is 20.8 Å². The van der Waals surface area contributed by atoms with Crippen LogP contribution in [0.5, 0.6) is 17.2 Å². The zero-order valence-corrected chi connectivity index (χ0v) is 17.3. The van der Waals surface area contributed by atoms with E-state index in [9.17, 15) is 4.79 Å². The van der Waals surface area contributed by atoms with E-state index in [1.54, 1.807) is 26.4 Å². The average molecular weight is 405 g/mol. The summed E-state index contributed by atoms with van der Waals surface area (Å²) in [6, 6.07) is 10.9. The highest BCUT2D eigenvalue weighted by Crippen LogP contribution is 2.27.